The highest BCUT2D eigenvalue weighted by Gasteiger charge is 2.18. The summed E-state index contributed by atoms with van der Waals surface area (Å²) in [6.45, 7) is 1.26. The lowest BCUT2D eigenvalue weighted by Crippen LogP contribution is -2.21. The van der Waals surface area contributed by atoms with Gasteiger partial charge < -0.3 is 14.4 Å². The van der Waals surface area contributed by atoms with Crippen LogP contribution in [0, 0.1) is 0 Å². The van der Waals surface area contributed by atoms with Crippen molar-refractivity contribution in [2.45, 2.75) is 20.1 Å². The molecule has 21 heavy (non-hydrogen) atoms. The molecule has 0 radical (unpaired) electrons. The number of rotatable bonds is 5. The van der Waals surface area contributed by atoms with Gasteiger partial charge in [0.15, 0.2) is 11.5 Å². The molecule has 0 aliphatic carbocycles. The fourth-order valence-corrected chi connectivity index (χ4v) is 2.14. The van der Waals surface area contributed by atoms with E-state index in [-0.39, 0.29) is 30.4 Å². The molecule has 1 heterocycles. The van der Waals surface area contributed by atoms with E-state index in [0.29, 0.717) is 5.69 Å². The molecule has 110 valence electrons. The second-order valence-corrected chi connectivity index (χ2v) is 4.73. The van der Waals surface area contributed by atoms with Gasteiger partial charge in [0.05, 0.1) is 6.61 Å². The van der Waals surface area contributed by atoms with Crippen molar-refractivity contribution in [3.8, 4) is 5.75 Å². The maximum atomic E-state index is 12.1. The Morgan fingerprint density at radius 2 is 1.95 bits per heavy atom. The maximum Gasteiger partial charge on any atom is 0.224 e. The second kappa shape index (κ2) is 6.37. The number of aliphatic hydroxyl groups excluding tert-OH is 1. The summed E-state index contributed by atoms with van der Waals surface area (Å²) in [4.78, 5) is 23.9. The van der Waals surface area contributed by atoms with Crippen LogP contribution in [0.25, 0.3) is 0 Å². The van der Waals surface area contributed by atoms with Crippen LogP contribution in [0.2, 0.25) is 0 Å². The summed E-state index contributed by atoms with van der Waals surface area (Å²) in [5.74, 6) is -0.265. The van der Waals surface area contributed by atoms with Gasteiger partial charge in [-0.1, -0.05) is 30.3 Å². The minimum absolute atomic E-state index is 0.0195. The molecule has 1 aromatic heterocycles. The number of nitrogens with zero attached hydrogens (tertiary/aromatic N) is 1. The Morgan fingerprint density at radius 1 is 1.29 bits per heavy atom. The molecule has 0 unspecified atom stereocenters. The summed E-state index contributed by atoms with van der Waals surface area (Å²) in [5.41, 5.74) is 1.04. The zero-order valence-electron chi connectivity index (χ0n) is 12.0. The molecule has 0 atom stereocenters. The van der Waals surface area contributed by atoms with Gasteiger partial charge in [-0.05, 0) is 5.56 Å². The number of carbonyl (C=O) groups is 1. The highest BCUT2D eigenvalue weighted by atomic mass is 16.5. The minimum Gasteiger partial charge on any atom is -0.483 e. The first kappa shape index (κ1) is 15.0. The van der Waals surface area contributed by atoms with Crippen LogP contribution in [0.5, 0.6) is 5.75 Å². The van der Waals surface area contributed by atoms with E-state index < -0.39 is 5.43 Å². The van der Waals surface area contributed by atoms with Crippen LogP contribution in [0.3, 0.4) is 0 Å². The summed E-state index contributed by atoms with van der Waals surface area (Å²) in [5, 5.41) is 9.24. The number of hydrogen-bond acceptors (Lipinski definition) is 4. The van der Waals surface area contributed by atoms with E-state index >= 15 is 0 Å². The first-order chi connectivity index (χ1) is 10.0. The van der Waals surface area contributed by atoms with Crippen LogP contribution in [-0.4, -0.2) is 15.5 Å². The Kier molecular flexibility index (Phi) is 4.55. The average Bonchev–Trinajstić information content (AvgIpc) is 2.48. The first-order valence-electron chi connectivity index (χ1n) is 6.56. The van der Waals surface area contributed by atoms with Crippen molar-refractivity contribution in [2.75, 3.05) is 0 Å². The molecule has 2 rings (SSSR count). The number of carbonyl (C=O) groups excluding carboxylic acids is 1. The van der Waals surface area contributed by atoms with E-state index in [9.17, 15) is 14.7 Å². The van der Waals surface area contributed by atoms with Crippen LogP contribution in [0.15, 0.2) is 41.2 Å². The largest absolute Gasteiger partial charge is 0.483 e. The van der Waals surface area contributed by atoms with Gasteiger partial charge in [-0.2, -0.15) is 0 Å². The van der Waals surface area contributed by atoms with Gasteiger partial charge in [0.25, 0.3) is 0 Å². The molecule has 2 aromatic rings. The molecule has 0 aliphatic rings. The molecule has 0 saturated heterocycles. The molecular weight excluding hydrogens is 270 g/mol. The predicted octanol–water partition coefficient (Wildman–Crippen LogP) is 1.66. The van der Waals surface area contributed by atoms with Crippen molar-refractivity contribution in [1.29, 1.82) is 0 Å². The Hall–Kier alpha value is -2.40. The number of Topliss-reactive ketones (excluding diaryl/α,β-unsaturated/α-hetero) is 1. The maximum absolute atomic E-state index is 12.1. The van der Waals surface area contributed by atoms with E-state index in [1.54, 1.807) is 7.05 Å². The van der Waals surface area contributed by atoms with Gasteiger partial charge in [-0.3, -0.25) is 9.59 Å². The average molecular weight is 287 g/mol. The van der Waals surface area contributed by atoms with E-state index in [4.69, 9.17) is 4.74 Å². The molecule has 1 aromatic carbocycles. The number of pyridine rings is 1. The quantitative estimate of drug-likeness (QED) is 0.849. The third kappa shape index (κ3) is 3.20. The lowest BCUT2D eigenvalue weighted by molar-refractivity contribution is 0.0998. The summed E-state index contributed by atoms with van der Waals surface area (Å²) in [6.07, 6.45) is 0. The van der Waals surface area contributed by atoms with Gasteiger partial charge in [0, 0.05) is 25.7 Å². The van der Waals surface area contributed by atoms with E-state index in [1.807, 2.05) is 30.3 Å². The smallest absolute Gasteiger partial charge is 0.224 e. The molecule has 0 saturated carbocycles. The molecule has 5 nitrogen and oxygen atoms in total. The number of aliphatic hydroxyl groups is 1. The highest BCUT2D eigenvalue weighted by molar-refractivity contribution is 5.95. The molecule has 0 bridgehead atoms. The van der Waals surface area contributed by atoms with Crippen molar-refractivity contribution in [3.05, 3.63) is 63.6 Å². The van der Waals surface area contributed by atoms with Crippen molar-refractivity contribution in [1.82, 2.24) is 4.57 Å². The molecule has 0 fully saturated rings. The Balaban J connectivity index is 2.41. The predicted molar refractivity (Wildman–Crippen MR) is 78.4 cm³/mol. The molecule has 0 aliphatic heterocycles. The van der Waals surface area contributed by atoms with Crippen LogP contribution in [0.1, 0.15) is 28.7 Å². The highest BCUT2D eigenvalue weighted by Crippen LogP contribution is 2.17. The fraction of sp³-hybridized carbons (Fsp3) is 0.250. The topological polar surface area (TPSA) is 68.5 Å². The third-order valence-corrected chi connectivity index (χ3v) is 3.22. The van der Waals surface area contributed by atoms with Gasteiger partial charge in [0.2, 0.25) is 5.43 Å². The van der Waals surface area contributed by atoms with Crippen LogP contribution < -0.4 is 10.2 Å². The first-order valence-corrected chi connectivity index (χ1v) is 6.56. The van der Waals surface area contributed by atoms with Crippen molar-refractivity contribution >= 4 is 5.78 Å². The van der Waals surface area contributed by atoms with Crippen molar-refractivity contribution in [2.24, 2.45) is 7.05 Å². The van der Waals surface area contributed by atoms with Gasteiger partial charge in [-0.15, -0.1) is 0 Å². The van der Waals surface area contributed by atoms with Gasteiger partial charge >= 0.3 is 0 Å². The Morgan fingerprint density at radius 3 is 2.52 bits per heavy atom. The zero-order valence-corrected chi connectivity index (χ0v) is 12.0. The number of benzene rings is 1. The van der Waals surface area contributed by atoms with Crippen molar-refractivity contribution in [3.63, 3.8) is 0 Å². The summed E-state index contributed by atoms with van der Waals surface area (Å²) in [6, 6.07) is 10.7. The normalized spacial score (nSPS) is 10.4. The standard InChI is InChI=1S/C16H17NO4/c1-11(19)15-16(14(20)8-13(9-18)17(15)2)21-10-12-6-4-3-5-7-12/h3-8,18H,9-10H2,1-2H3. The molecule has 5 heteroatoms. The fourth-order valence-electron chi connectivity index (χ4n) is 2.14. The number of hydrogen-bond donors (Lipinski definition) is 1. The summed E-state index contributed by atoms with van der Waals surface area (Å²) < 4.78 is 7.05. The molecule has 0 amide bonds. The number of aromatic nitrogens is 1. The van der Waals surface area contributed by atoms with Crippen molar-refractivity contribution < 1.29 is 14.6 Å². The van der Waals surface area contributed by atoms with Crippen LogP contribution in [-0.2, 0) is 20.3 Å². The lowest BCUT2D eigenvalue weighted by atomic mass is 10.2. The van der Waals surface area contributed by atoms with E-state index in [0.717, 1.165) is 5.56 Å². The van der Waals surface area contributed by atoms with Crippen LogP contribution in [0.4, 0.5) is 0 Å². The molecule has 0 spiro atoms. The van der Waals surface area contributed by atoms with Crippen LogP contribution >= 0.6 is 0 Å². The lowest BCUT2D eigenvalue weighted by Gasteiger charge is -2.15. The van der Waals surface area contributed by atoms with E-state index in [1.165, 1.54) is 17.6 Å². The Bertz CT molecular complexity index is 704. The van der Waals surface area contributed by atoms with Gasteiger partial charge in [-0.25, -0.2) is 0 Å². The minimum atomic E-state index is -0.404. The summed E-state index contributed by atoms with van der Waals surface area (Å²) in [7, 11) is 1.62. The Labute approximate surface area is 122 Å². The number of ether oxygens (including phenoxy) is 1. The SMILES string of the molecule is CC(=O)c1c(OCc2ccccc2)c(=O)cc(CO)n1C. The monoisotopic (exact) mass is 287 g/mol. The zero-order chi connectivity index (χ0) is 15.4. The second-order valence-electron chi connectivity index (χ2n) is 4.73. The molecule has 1 N–H and O–H groups in total. The molecular formula is C16H17NO4. The third-order valence-electron chi connectivity index (χ3n) is 3.22. The summed E-state index contributed by atoms with van der Waals surface area (Å²) >= 11 is 0. The van der Waals surface area contributed by atoms with Gasteiger partial charge in [0.1, 0.15) is 12.3 Å². The number of ketones is 1. The van der Waals surface area contributed by atoms with E-state index in [2.05, 4.69) is 0 Å².